The maximum Gasteiger partial charge on any atom is 0.421 e. The lowest BCUT2D eigenvalue weighted by Crippen LogP contribution is -2.57. The minimum absolute atomic E-state index is 0.339. The summed E-state index contributed by atoms with van der Waals surface area (Å²) in [6.45, 7) is 0. The van der Waals surface area contributed by atoms with E-state index in [1.165, 1.54) is 0 Å². The Labute approximate surface area is 102 Å². The minimum atomic E-state index is -5.58. The van der Waals surface area contributed by atoms with Crippen molar-refractivity contribution in [3.05, 3.63) is 35.4 Å². The van der Waals surface area contributed by atoms with Crippen LogP contribution >= 0.6 is 0 Å². The largest absolute Gasteiger partial charge is 0.479 e. The number of hydrogen-bond donors (Lipinski definition) is 2. The molecule has 0 fully saturated rings. The molecule has 0 aliphatic carbocycles. The molecule has 0 heterocycles. The van der Waals surface area contributed by atoms with Gasteiger partial charge in [0.15, 0.2) is 0 Å². The second-order valence-corrected chi connectivity index (χ2v) is 3.65. The van der Waals surface area contributed by atoms with Crippen LogP contribution in [0.25, 0.3) is 0 Å². The quantitative estimate of drug-likeness (QED) is 0.821. The number of nitrogens with two attached hydrogens (primary N) is 1. The molecule has 0 amide bonds. The Morgan fingerprint density at radius 2 is 1.42 bits per heavy atom. The number of alkyl halides is 6. The van der Waals surface area contributed by atoms with Crippen molar-refractivity contribution in [2.24, 2.45) is 5.73 Å². The molecule has 0 aliphatic heterocycles. The maximum absolute atomic E-state index is 12.7. The molecule has 1 aromatic rings. The maximum atomic E-state index is 12.7. The molecule has 1 unspecified atom stereocenters. The number of hydrogen-bond acceptors (Lipinski definition) is 2. The van der Waals surface area contributed by atoms with Crippen molar-refractivity contribution in [1.29, 1.82) is 0 Å². The van der Waals surface area contributed by atoms with Crippen LogP contribution in [0.3, 0.4) is 0 Å². The molecule has 0 bridgehead atoms. The molecule has 0 saturated heterocycles. The van der Waals surface area contributed by atoms with E-state index >= 15 is 0 Å². The number of halogens is 6. The zero-order valence-electron chi connectivity index (χ0n) is 9.01. The van der Waals surface area contributed by atoms with E-state index in [0.29, 0.717) is 12.1 Å². The first-order valence-electron chi connectivity index (χ1n) is 4.68. The summed E-state index contributed by atoms with van der Waals surface area (Å²) in [5.74, 6) is -2.61. The van der Waals surface area contributed by atoms with E-state index in [1.807, 2.05) is 0 Å². The molecule has 106 valence electrons. The molecule has 0 saturated carbocycles. The molecular formula is C10H7F6NO2. The summed E-state index contributed by atoms with van der Waals surface area (Å²) in [6, 6.07) is 2.42. The van der Waals surface area contributed by atoms with E-state index in [0.717, 1.165) is 12.1 Å². The predicted molar refractivity (Wildman–Crippen MR) is 51.0 cm³/mol. The summed E-state index contributed by atoms with van der Waals surface area (Å²) in [7, 11) is 0. The smallest absolute Gasteiger partial charge is 0.421 e. The summed E-state index contributed by atoms with van der Waals surface area (Å²) in [5, 5.41) is 8.60. The van der Waals surface area contributed by atoms with Crippen molar-refractivity contribution in [2.75, 3.05) is 0 Å². The topological polar surface area (TPSA) is 63.3 Å². The summed E-state index contributed by atoms with van der Waals surface area (Å²) in [6.07, 6.45) is -10.7. The van der Waals surface area contributed by atoms with E-state index in [1.54, 1.807) is 0 Å². The molecule has 19 heavy (non-hydrogen) atoms. The van der Waals surface area contributed by atoms with Crippen LogP contribution in [0.4, 0.5) is 26.3 Å². The van der Waals surface area contributed by atoms with E-state index in [9.17, 15) is 31.1 Å². The third-order valence-corrected chi connectivity index (χ3v) is 2.44. The molecule has 3 nitrogen and oxygen atoms in total. The molecule has 1 aromatic carbocycles. The molecule has 0 spiro atoms. The van der Waals surface area contributed by atoms with Crippen LogP contribution in [0.15, 0.2) is 24.3 Å². The van der Waals surface area contributed by atoms with Crippen LogP contribution in [-0.4, -0.2) is 17.3 Å². The normalized spacial score (nSPS) is 15.9. The van der Waals surface area contributed by atoms with Gasteiger partial charge >= 0.3 is 18.3 Å². The summed E-state index contributed by atoms with van der Waals surface area (Å²) in [4.78, 5) is 10.7. The fourth-order valence-corrected chi connectivity index (χ4v) is 1.46. The van der Waals surface area contributed by atoms with Crippen LogP contribution in [0.5, 0.6) is 0 Å². The van der Waals surface area contributed by atoms with Gasteiger partial charge in [-0.05, 0) is 6.07 Å². The van der Waals surface area contributed by atoms with Gasteiger partial charge in [-0.3, -0.25) is 0 Å². The van der Waals surface area contributed by atoms with E-state index in [2.05, 4.69) is 0 Å². The third kappa shape index (κ3) is 2.50. The monoisotopic (exact) mass is 287 g/mol. The highest BCUT2D eigenvalue weighted by molar-refractivity contribution is 5.82. The summed E-state index contributed by atoms with van der Waals surface area (Å²) in [5.41, 5.74) is -2.71. The fraction of sp³-hybridized carbons (Fsp3) is 0.300. The first-order valence-corrected chi connectivity index (χ1v) is 4.68. The average molecular weight is 287 g/mol. The van der Waals surface area contributed by atoms with E-state index < -0.39 is 35.0 Å². The average Bonchev–Trinajstić information content (AvgIpc) is 2.25. The lowest BCUT2D eigenvalue weighted by Gasteiger charge is -2.30. The van der Waals surface area contributed by atoms with Gasteiger partial charge in [0.1, 0.15) is 0 Å². The van der Waals surface area contributed by atoms with Gasteiger partial charge in [-0.2, -0.15) is 26.3 Å². The molecule has 1 rings (SSSR count). The zero-order chi connectivity index (χ0) is 15.1. The fourth-order valence-electron chi connectivity index (χ4n) is 1.46. The van der Waals surface area contributed by atoms with Gasteiger partial charge in [0, 0.05) is 5.56 Å². The highest BCUT2D eigenvalue weighted by Gasteiger charge is 2.61. The Kier molecular flexibility index (Phi) is 3.55. The van der Waals surface area contributed by atoms with Gasteiger partial charge < -0.3 is 10.8 Å². The second-order valence-electron chi connectivity index (χ2n) is 3.65. The van der Waals surface area contributed by atoms with Gasteiger partial charge in [-0.1, -0.05) is 18.2 Å². The lowest BCUT2D eigenvalue weighted by molar-refractivity contribution is -0.206. The second kappa shape index (κ2) is 4.41. The molecule has 3 N–H and O–H groups in total. The molecule has 1 atom stereocenters. The Morgan fingerprint density at radius 1 is 1.00 bits per heavy atom. The third-order valence-electron chi connectivity index (χ3n) is 2.44. The number of carboxylic acid groups (broad SMARTS) is 1. The zero-order valence-corrected chi connectivity index (χ0v) is 9.01. The van der Waals surface area contributed by atoms with Crippen LogP contribution in [-0.2, 0) is 16.5 Å². The van der Waals surface area contributed by atoms with Crippen molar-refractivity contribution in [3.8, 4) is 0 Å². The van der Waals surface area contributed by atoms with Crippen molar-refractivity contribution < 1.29 is 36.2 Å². The van der Waals surface area contributed by atoms with Gasteiger partial charge in [0.05, 0.1) is 5.56 Å². The Morgan fingerprint density at radius 3 is 1.74 bits per heavy atom. The standard InChI is InChI=1S/C10H7F6NO2/c11-9(12,13)6-4-2-1-3-5(6)8(17,7(18)19)10(14,15)16/h1-4H,17H2,(H,18,19). The SMILES string of the molecule is NC(C(=O)O)(c1ccccc1C(F)(F)F)C(F)(F)F. The number of carboxylic acids is 1. The van der Waals surface area contributed by atoms with Gasteiger partial charge in [0.2, 0.25) is 5.54 Å². The number of benzene rings is 1. The lowest BCUT2D eigenvalue weighted by atomic mass is 9.86. The number of rotatable bonds is 2. The molecule has 9 heteroatoms. The van der Waals surface area contributed by atoms with Gasteiger partial charge in [-0.25, -0.2) is 4.79 Å². The Hall–Kier alpha value is -1.77. The van der Waals surface area contributed by atoms with Crippen LogP contribution in [0, 0.1) is 0 Å². The van der Waals surface area contributed by atoms with Crippen molar-refractivity contribution >= 4 is 5.97 Å². The van der Waals surface area contributed by atoms with Gasteiger partial charge in [0.25, 0.3) is 0 Å². The van der Waals surface area contributed by atoms with Crippen LogP contribution in [0.1, 0.15) is 11.1 Å². The van der Waals surface area contributed by atoms with Crippen molar-refractivity contribution in [3.63, 3.8) is 0 Å². The van der Waals surface area contributed by atoms with E-state index in [-0.39, 0.29) is 0 Å². The molecule has 0 aliphatic rings. The highest BCUT2D eigenvalue weighted by atomic mass is 19.4. The van der Waals surface area contributed by atoms with Gasteiger partial charge in [-0.15, -0.1) is 0 Å². The minimum Gasteiger partial charge on any atom is -0.479 e. The number of aliphatic carboxylic acids is 1. The van der Waals surface area contributed by atoms with Crippen LogP contribution in [0.2, 0.25) is 0 Å². The highest BCUT2D eigenvalue weighted by Crippen LogP contribution is 2.43. The van der Waals surface area contributed by atoms with Crippen molar-refractivity contribution in [2.45, 2.75) is 17.9 Å². The molecule has 0 radical (unpaired) electrons. The van der Waals surface area contributed by atoms with Crippen LogP contribution < -0.4 is 5.73 Å². The van der Waals surface area contributed by atoms with Crippen molar-refractivity contribution in [1.82, 2.24) is 0 Å². The first-order chi connectivity index (χ1) is 8.42. The molecular weight excluding hydrogens is 280 g/mol. The van der Waals surface area contributed by atoms with E-state index in [4.69, 9.17) is 10.8 Å². The number of carbonyl (C=O) groups is 1. The summed E-state index contributed by atoms with van der Waals surface area (Å²) < 4.78 is 76.1. The first kappa shape index (κ1) is 15.3. The summed E-state index contributed by atoms with van der Waals surface area (Å²) >= 11 is 0. The predicted octanol–water partition coefficient (Wildman–Crippen LogP) is 2.51. The molecule has 0 aromatic heterocycles. The Balaban J connectivity index is 3.64. The Bertz CT molecular complexity index is 496.